The minimum absolute atomic E-state index is 0.0563. The lowest BCUT2D eigenvalue weighted by molar-refractivity contribution is 0.118. The molecule has 0 rings (SSSR count). The molecule has 0 amide bonds. The summed E-state index contributed by atoms with van der Waals surface area (Å²) in [6.45, 7) is 3.65. The molecule has 0 fully saturated rings. The SMILES string of the molecule is C=CC(CCl)[Si](OC)(OC)OC. The Bertz CT molecular complexity index is 130. The standard InChI is InChI=1S/C7H15ClO3Si/c1-5-7(6-8)12(9-2,10-3)11-4/h5,7H,1,6H2,2-4H3. The molecule has 0 N–H and O–H groups in total. The molecule has 0 aromatic heterocycles. The van der Waals surface area contributed by atoms with Crippen molar-refractivity contribution >= 4 is 20.4 Å². The van der Waals surface area contributed by atoms with Crippen LogP contribution in [0.25, 0.3) is 0 Å². The van der Waals surface area contributed by atoms with Crippen molar-refractivity contribution in [3.05, 3.63) is 12.7 Å². The first-order valence-electron chi connectivity index (χ1n) is 3.54. The molecule has 0 bridgehead atoms. The van der Waals surface area contributed by atoms with Gasteiger partial charge in [-0.05, 0) is 0 Å². The predicted molar refractivity (Wildman–Crippen MR) is 51.4 cm³/mol. The van der Waals surface area contributed by atoms with Crippen LogP contribution in [0, 0.1) is 0 Å². The number of halogens is 1. The van der Waals surface area contributed by atoms with E-state index in [4.69, 9.17) is 24.9 Å². The molecule has 0 saturated carbocycles. The molecule has 72 valence electrons. The molecule has 0 aliphatic carbocycles. The van der Waals surface area contributed by atoms with E-state index in [1.807, 2.05) is 0 Å². The van der Waals surface area contributed by atoms with Gasteiger partial charge in [0.1, 0.15) is 0 Å². The van der Waals surface area contributed by atoms with Gasteiger partial charge in [0.05, 0.1) is 5.54 Å². The Labute approximate surface area is 79.6 Å². The molecule has 3 nitrogen and oxygen atoms in total. The summed E-state index contributed by atoms with van der Waals surface area (Å²) in [7, 11) is 2.08. The Morgan fingerprint density at radius 1 is 1.33 bits per heavy atom. The summed E-state index contributed by atoms with van der Waals surface area (Å²) in [4.78, 5) is 0. The van der Waals surface area contributed by atoms with Crippen LogP contribution in [0.4, 0.5) is 0 Å². The Kier molecular flexibility index (Phi) is 5.78. The fraction of sp³-hybridized carbons (Fsp3) is 0.714. The van der Waals surface area contributed by atoms with E-state index in [1.165, 1.54) is 0 Å². The van der Waals surface area contributed by atoms with Gasteiger partial charge in [0.25, 0.3) is 0 Å². The molecule has 5 heteroatoms. The van der Waals surface area contributed by atoms with E-state index in [1.54, 1.807) is 27.4 Å². The smallest absolute Gasteiger partial charge is 0.376 e. The summed E-state index contributed by atoms with van der Waals surface area (Å²) < 4.78 is 15.7. The number of alkyl halides is 1. The van der Waals surface area contributed by atoms with Gasteiger partial charge in [0, 0.05) is 27.2 Å². The lowest BCUT2D eigenvalue weighted by Gasteiger charge is -2.29. The van der Waals surface area contributed by atoms with Gasteiger partial charge in [-0.1, -0.05) is 6.08 Å². The minimum atomic E-state index is -2.60. The molecule has 0 aliphatic rings. The molecule has 0 spiro atoms. The van der Waals surface area contributed by atoms with Crippen LogP contribution in [0.3, 0.4) is 0 Å². The van der Waals surface area contributed by atoms with E-state index >= 15 is 0 Å². The molecule has 1 atom stereocenters. The summed E-state index contributed by atoms with van der Waals surface area (Å²) in [5.74, 6) is 0.394. The molecule has 12 heavy (non-hydrogen) atoms. The predicted octanol–water partition coefficient (Wildman–Crippen LogP) is 1.66. The van der Waals surface area contributed by atoms with Gasteiger partial charge in [-0.25, -0.2) is 0 Å². The van der Waals surface area contributed by atoms with Crippen molar-refractivity contribution in [3.8, 4) is 0 Å². The summed E-state index contributed by atoms with van der Waals surface area (Å²) in [6.07, 6.45) is 1.70. The monoisotopic (exact) mass is 210 g/mol. The second-order valence-corrected chi connectivity index (χ2v) is 5.69. The topological polar surface area (TPSA) is 27.7 Å². The van der Waals surface area contributed by atoms with Crippen molar-refractivity contribution < 1.29 is 13.3 Å². The summed E-state index contributed by atoms with van der Waals surface area (Å²) >= 11 is 5.71. The van der Waals surface area contributed by atoms with Crippen molar-refractivity contribution in [2.45, 2.75) is 5.54 Å². The van der Waals surface area contributed by atoms with Gasteiger partial charge in [-0.2, -0.15) is 0 Å². The quantitative estimate of drug-likeness (QED) is 0.379. The summed E-state index contributed by atoms with van der Waals surface area (Å²) in [6, 6.07) is 0. The van der Waals surface area contributed by atoms with Crippen molar-refractivity contribution in [1.29, 1.82) is 0 Å². The van der Waals surface area contributed by atoms with Gasteiger partial charge in [-0.3, -0.25) is 0 Å². The molecule has 0 saturated heterocycles. The molecule has 1 unspecified atom stereocenters. The van der Waals surface area contributed by atoms with Gasteiger partial charge in [0.2, 0.25) is 0 Å². The third-order valence-corrected chi connectivity index (χ3v) is 5.40. The first-order valence-corrected chi connectivity index (χ1v) is 5.88. The van der Waals surface area contributed by atoms with Crippen molar-refractivity contribution in [2.24, 2.45) is 0 Å². The van der Waals surface area contributed by atoms with Crippen LogP contribution in [0.15, 0.2) is 12.7 Å². The first kappa shape index (κ1) is 12.1. The Hall–Kier alpha value is 0.127. The lowest BCUT2D eigenvalue weighted by Crippen LogP contribution is -2.47. The highest BCUT2D eigenvalue weighted by Gasteiger charge is 2.45. The van der Waals surface area contributed by atoms with Crippen LogP contribution >= 0.6 is 11.6 Å². The fourth-order valence-corrected chi connectivity index (χ4v) is 3.58. The average molecular weight is 211 g/mol. The number of hydrogen-bond donors (Lipinski definition) is 0. The van der Waals surface area contributed by atoms with E-state index < -0.39 is 8.80 Å². The molecule has 0 radical (unpaired) electrons. The van der Waals surface area contributed by atoms with Crippen LogP contribution in [-0.4, -0.2) is 36.0 Å². The van der Waals surface area contributed by atoms with E-state index in [0.717, 1.165) is 0 Å². The number of rotatable bonds is 6. The zero-order valence-electron chi connectivity index (χ0n) is 7.67. The molecular formula is C7H15ClO3Si. The molecule has 0 aromatic carbocycles. The highest BCUT2D eigenvalue weighted by atomic mass is 35.5. The maximum Gasteiger partial charge on any atom is 0.508 e. The van der Waals surface area contributed by atoms with Crippen LogP contribution in [-0.2, 0) is 13.3 Å². The van der Waals surface area contributed by atoms with Crippen molar-refractivity contribution in [1.82, 2.24) is 0 Å². The lowest BCUT2D eigenvalue weighted by atomic mass is 10.5. The van der Waals surface area contributed by atoms with E-state index in [9.17, 15) is 0 Å². The third-order valence-electron chi connectivity index (χ3n) is 1.76. The third kappa shape index (κ3) is 2.31. The van der Waals surface area contributed by atoms with Crippen LogP contribution in [0.2, 0.25) is 5.54 Å². The second-order valence-electron chi connectivity index (χ2n) is 2.21. The van der Waals surface area contributed by atoms with E-state index in [0.29, 0.717) is 5.88 Å². The highest BCUT2D eigenvalue weighted by Crippen LogP contribution is 2.26. The Morgan fingerprint density at radius 2 is 1.75 bits per heavy atom. The number of hydrogen-bond acceptors (Lipinski definition) is 3. The normalized spacial score (nSPS) is 14.3. The largest absolute Gasteiger partial charge is 0.508 e. The van der Waals surface area contributed by atoms with Crippen molar-refractivity contribution in [2.75, 3.05) is 27.2 Å². The van der Waals surface area contributed by atoms with Gasteiger partial charge >= 0.3 is 8.80 Å². The van der Waals surface area contributed by atoms with Crippen LogP contribution in [0.5, 0.6) is 0 Å². The fourth-order valence-electron chi connectivity index (χ4n) is 1.01. The molecule has 0 aromatic rings. The van der Waals surface area contributed by atoms with E-state index in [2.05, 4.69) is 6.58 Å². The summed E-state index contributed by atoms with van der Waals surface area (Å²) in [5.41, 5.74) is -0.0563. The van der Waals surface area contributed by atoms with Crippen LogP contribution in [0.1, 0.15) is 0 Å². The van der Waals surface area contributed by atoms with E-state index in [-0.39, 0.29) is 5.54 Å². The minimum Gasteiger partial charge on any atom is -0.376 e. The molecule has 0 aliphatic heterocycles. The van der Waals surface area contributed by atoms with Gasteiger partial charge in [-0.15, -0.1) is 18.2 Å². The summed E-state index contributed by atoms with van der Waals surface area (Å²) in [5, 5.41) is 0. The zero-order valence-corrected chi connectivity index (χ0v) is 9.43. The number of allylic oxidation sites excluding steroid dienone is 1. The maximum absolute atomic E-state index is 5.71. The van der Waals surface area contributed by atoms with Gasteiger partial charge < -0.3 is 13.3 Å². The zero-order chi connectivity index (χ0) is 9.61. The Balaban J connectivity index is 4.53. The van der Waals surface area contributed by atoms with Crippen molar-refractivity contribution in [3.63, 3.8) is 0 Å². The highest BCUT2D eigenvalue weighted by molar-refractivity contribution is 6.63. The van der Waals surface area contributed by atoms with Crippen LogP contribution < -0.4 is 0 Å². The molecular weight excluding hydrogens is 196 g/mol. The maximum atomic E-state index is 5.71. The molecule has 0 heterocycles. The first-order chi connectivity index (χ1) is 5.70. The second kappa shape index (κ2) is 5.72. The Morgan fingerprint density at radius 3 is 1.83 bits per heavy atom. The average Bonchev–Trinajstić information content (AvgIpc) is 2.14. The van der Waals surface area contributed by atoms with Gasteiger partial charge in [0.15, 0.2) is 0 Å².